The zero-order valence-electron chi connectivity index (χ0n) is 11.2. The van der Waals surface area contributed by atoms with E-state index in [9.17, 15) is 13.2 Å². The minimum Gasteiger partial charge on any atom is -0.492 e. The highest BCUT2D eigenvalue weighted by Crippen LogP contribution is 2.44. The van der Waals surface area contributed by atoms with Crippen LogP contribution >= 0.6 is 15.9 Å². The van der Waals surface area contributed by atoms with Gasteiger partial charge in [-0.15, -0.1) is 13.2 Å². The Morgan fingerprint density at radius 1 is 1.18 bits per heavy atom. The molecule has 1 aliphatic heterocycles. The van der Waals surface area contributed by atoms with E-state index in [0.717, 1.165) is 22.0 Å². The van der Waals surface area contributed by atoms with Crippen molar-refractivity contribution >= 4 is 21.6 Å². The second-order valence-electron chi connectivity index (χ2n) is 4.81. The van der Waals surface area contributed by atoms with E-state index in [1.165, 1.54) is 12.1 Å². The zero-order chi connectivity index (χ0) is 15.9. The third-order valence-corrected chi connectivity index (χ3v) is 4.27. The lowest BCUT2D eigenvalue weighted by Crippen LogP contribution is -2.16. The summed E-state index contributed by atoms with van der Waals surface area (Å²) >= 11 is 3.43. The van der Waals surface area contributed by atoms with Gasteiger partial charge in [0.15, 0.2) is 0 Å². The molecule has 0 fully saturated rings. The van der Waals surface area contributed by atoms with Gasteiger partial charge in [-0.3, -0.25) is 0 Å². The third kappa shape index (κ3) is 2.85. The number of nitrogen functional groups attached to an aromatic ring is 1. The van der Waals surface area contributed by atoms with Crippen molar-refractivity contribution in [2.75, 3.05) is 12.3 Å². The first kappa shape index (κ1) is 15.0. The summed E-state index contributed by atoms with van der Waals surface area (Å²) in [7, 11) is 0. The highest BCUT2D eigenvalue weighted by molar-refractivity contribution is 9.10. The Bertz CT molecular complexity index is 714. The Kier molecular flexibility index (Phi) is 3.68. The van der Waals surface area contributed by atoms with Crippen molar-refractivity contribution in [1.29, 1.82) is 0 Å². The van der Waals surface area contributed by atoms with Crippen LogP contribution in [-0.4, -0.2) is 13.0 Å². The van der Waals surface area contributed by atoms with Gasteiger partial charge in [-0.25, -0.2) is 0 Å². The Labute approximate surface area is 133 Å². The van der Waals surface area contributed by atoms with Gasteiger partial charge < -0.3 is 15.2 Å². The van der Waals surface area contributed by atoms with Crippen LogP contribution in [0.15, 0.2) is 34.8 Å². The average molecular weight is 374 g/mol. The van der Waals surface area contributed by atoms with Gasteiger partial charge in [-0.05, 0) is 39.7 Å². The first-order valence-corrected chi connectivity index (χ1v) is 7.24. The molecule has 0 saturated heterocycles. The van der Waals surface area contributed by atoms with Crippen LogP contribution in [-0.2, 0) is 6.42 Å². The van der Waals surface area contributed by atoms with Crippen LogP contribution in [0.4, 0.5) is 18.9 Å². The SMILES string of the molecule is Nc1cc(-c2ccc(OC(F)(F)F)cc2)c2c(c1Br)CCO2. The molecule has 3 rings (SSSR count). The molecule has 2 aromatic rings. The van der Waals surface area contributed by atoms with E-state index in [1.54, 1.807) is 18.2 Å². The monoisotopic (exact) mass is 373 g/mol. The molecule has 1 heterocycles. The van der Waals surface area contributed by atoms with Crippen LogP contribution in [0.3, 0.4) is 0 Å². The maximum atomic E-state index is 12.2. The number of benzene rings is 2. The third-order valence-electron chi connectivity index (χ3n) is 3.33. The second kappa shape index (κ2) is 5.39. The topological polar surface area (TPSA) is 44.5 Å². The molecule has 0 atom stereocenters. The van der Waals surface area contributed by atoms with Crippen LogP contribution in [0, 0.1) is 0 Å². The number of ether oxygens (including phenoxy) is 2. The van der Waals surface area contributed by atoms with Gasteiger partial charge in [0.1, 0.15) is 11.5 Å². The Hall–Kier alpha value is -1.89. The van der Waals surface area contributed by atoms with E-state index >= 15 is 0 Å². The van der Waals surface area contributed by atoms with Crippen molar-refractivity contribution in [3.8, 4) is 22.6 Å². The van der Waals surface area contributed by atoms with Gasteiger partial charge in [0.05, 0.1) is 6.61 Å². The fourth-order valence-corrected chi connectivity index (χ4v) is 2.91. The van der Waals surface area contributed by atoms with E-state index in [4.69, 9.17) is 10.5 Å². The molecule has 0 radical (unpaired) electrons. The van der Waals surface area contributed by atoms with Gasteiger partial charge in [-0.1, -0.05) is 12.1 Å². The second-order valence-corrected chi connectivity index (χ2v) is 5.60. The summed E-state index contributed by atoms with van der Waals surface area (Å²) < 4.78 is 46.8. The van der Waals surface area contributed by atoms with Crippen molar-refractivity contribution in [2.24, 2.45) is 0 Å². The average Bonchev–Trinajstić information content (AvgIpc) is 2.92. The number of fused-ring (bicyclic) bond motifs is 1. The maximum absolute atomic E-state index is 12.2. The summed E-state index contributed by atoms with van der Waals surface area (Å²) in [5, 5.41) is 0. The molecule has 0 unspecified atom stereocenters. The van der Waals surface area contributed by atoms with Crippen LogP contribution < -0.4 is 15.2 Å². The molecule has 0 aliphatic carbocycles. The highest BCUT2D eigenvalue weighted by Gasteiger charge is 2.31. The predicted molar refractivity (Wildman–Crippen MR) is 79.9 cm³/mol. The number of halogens is 4. The standard InChI is InChI=1S/C15H11BrF3NO2/c16-13-10-5-6-21-14(10)11(7-12(13)20)8-1-3-9(4-2-8)22-15(17,18)19/h1-4,7H,5-6,20H2. The molecular formula is C15H11BrF3NO2. The normalized spacial score (nSPS) is 13.6. The molecule has 1 aliphatic rings. The van der Waals surface area contributed by atoms with E-state index in [-0.39, 0.29) is 5.75 Å². The zero-order valence-corrected chi connectivity index (χ0v) is 12.8. The predicted octanol–water partition coefficient (Wildman–Crippen LogP) is 4.53. The Balaban J connectivity index is 1.99. The van der Waals surface area contributed by atoms with Gasteiger partial charge >= 0.3 is 6.36 Å². The smallest absolute Gasteiger partial charge is 0.492 e. The number of hydrogen-bond donors (Lipinski definition) is 1. The first-order chi connectivity index (χ1) is 10.3. The largest absolute Gasteiger partial charge is 0.573 e. The number of alkyl halides is 3. The Morgan fingerprint density at radius 2 is 1.86 bits per heavy atom. The van der Waals surface area contributed by atoms with E-state index in [1.807, 2.05) is 0 Å². The number of rotatable bonds is 2. The molecular weight excluding hydrogens is 363 g/mol. The van der Waals surface area contributed by atoms with Gasteiger partial charge in [0, 0.05) is 27.7 Å². The van der Waals surface area contributed by atoms with Crippen LogP contribution in [0.25, 0.3) is 11.1 Å². The summed E-state index contributed by atoms with van der Waals surface area (Å²) in [5.41, 5.74) is 8.98. The lowest BCUT2D eigenvalue weighted by molar-refractivity contribution is -0.274. The number of anilines is 1. The molecule has 3 nitrogen and oxygen atoms in total. The minimum absolute atomic E-state index is 0.265. The highest BCUT2D eigenvalue weighted by atomic mass is 79.9. The lowest BCUT2D eigenvalue weighted by Gasteiger charge is -2.13. The van der Waals surface area contributed by atoms with E-state index < -0.39 is 6.36 Å². The van der Waals surface area contributed by atoms with Crippen LogP contribution in [0.1, 0.15) is 5.56 Å². The van der Waals surface area contributed by atoms with Crippen molar-refractivity contribution in [3.05, 3.63) is 40.4 Å². The molecule has 0 amide bonds. The van der Waals surface area contributed by atoms with Crippen LogP contribution in [0.5, 0.6) is 11.5 Å². The number of hydrogen-bond acceptors (Lipinski definition) is 3. The molecule has 0 bridgehead atoms. The molecule has 0 spiro atoms. The molecule has 2 N–H and O–H groups in total. The van der Waals surface area contributed by atoms with Crippen molar-refractivity contribution < 1.29 is 22.6 Å². The van der Waals surface area contributed by atoms with Crippen LogP contribution in [0.2, 0.25) is 0 Å². The maximum Gasteiger partial charge on any atom is 0.573 e. The summed E-state index contributed by atoms with van der Waals surface area (Å²) in [5.74, 6) is 0.449. The van der Waals surface area contributed by atoms with Gasteiger partial charge in [0.2, 0.25) is 0 Å². The van der Waals surface area contributed by atoms with Crippen molar-refractivity contribution in [3.63, 3.8) is 0 Å². The molecule has 22 heavy (non-hydrogen) atoms. The summed E-state index contributed by atoms with van der Waals surface area (Å²) in [4.78, 5) is 0. The van der Waals surface area contributed by atoms with Gasteiger partial charge in [-0.2, -0.15) is 0 Å². The first-order valence-electron chi connectivity index (χ1n) is 6.45. The summed E-state index contributed by atoms with van der Waals surface area (Å²) in [6.45, 7) is 0.555. The molecule has 7 heteroatoms. The molecule has 0 saturated carbocycles. The summed E-state index contributed by atoms with van der Waals surface area (Å²) in [6.07, 6.45) is -3.96. The molecule has 2 aromatic carbocycles. The van der Waals surface area contributed by atoms with Crippen molar-refractivity contribution in [2.45, 2.75) is 12.8 Å². The lowest BCUT2D eigenvalue weighted by atomic mass is 10.00. The Morgan fingerprint density at radius 3 is 2.50 bits per heavy atom. The fraction of sp³-hybridized carbons (Fsp3) is 0.200. The summed E-state index contributed by atoms with van der Waals surface area (Å²) in [6, 6.07) is 7.37. The molecule has 0 aromatic heterocycles. The van der Waals surface area contributed by atoms with E-state index in [0.29, 0.717) is 23.6 Å². The fourth-order valence-electron chi connectivity index (χ4n) is 2.41. The van der Waals surface area contributed by atoms with E-state index in [2.05, 4.69) is 20.7 Å². The molecule has 116 valence electrons. The van der Waals surface area contributed by atoms with Gasteiger partial charge in [0.25, 0.3) is 0 Å². The quantitative estimate of drug-likeness (QED) is 0.786. The van der Waals surface area contributed by atoms with Crippen molar-refractivity contribution in [1.82, 2.24) is 0 Å². The number of nitrogens with two attached hydrogens (primary N) is 1. The minimum atomic E-state index is -4.70.